The summed E-state index contributed by atoms with van der Waals surface area (Å²) < 4.78 is 13.3. The number of amides is 4. The third-order valence-electron chi connectivity index (χ3n) is 5.50. The highest BCUT2D eigenvalue weighted by Crippen LogP contribution is 2.33. The lowest BCUT2D eigenvalue weighted by atomic mass is 9.87. The number of urea groups is 1. The lowest BCUT2D eigenvalue weighted by Gasteiger charge is -2.29. The van der Waals surface area contributed by atoms with Crippen LogP contribution in [0, 0.1) is 5.82 Å². The minimum Gasteiger partial charge on any atom is -0.336 e. The van der Waals surface area contributed by atoms with Gasteiger partial charge in [0.05, 0.1) is 0 Å². The van der Waals surface area contributed by atoms with Crippen LogP contribution in [0.15, 0.2) is 35.7 Å². The van der Waals surface area contributed by atoms with Crippen molar-refractivity contribution < 1.29 is 18.8 Å². The summed E-state index contributed by atoms with van der Waals surface area (Å²) in [5, 5.41) is 4.73. The van der Waals surface area contributed by atoms with Crippen molar-refractivity contribution in [2.75, 3.05) is 13.1 Å². The summed E-state index contributed by atoms with van der Waals surface area (Å²) in [6, 6.07) is 6.90. The minimum atomic E-state index is -1.27. The van der Waals surface area contributed by atoms with Crippen molar-refractivity contribution in [3.63, 3.8) is 0 Å². The van der Waals surface area contributed by atoms with Gasteiger partial charge in [0.15, 0.2) is 0 Å². The molecule has 0 spiro atoms. The van der Waals surface area contributed by atoms with Gasteiger partial charge in [-0.05, 0) is 47.5 Å². The van der Waals surface area contributed by atoms with Crippen molar-refractivity contribution in [1.82, 2.24) is 15.1 Å². The molecule has 6 nitrogen and oxygen atoms in total. The summed E-state index contributed by atoms with van der Waals surface area (Å²) in [5.41, 5.74) is 0.356. The van der Waals surface area contributed by atoms with Crippen molar-refractivity contribution in [2.45, 2.75) is 31.8 Å². The van der Waals surface area contributed by atoms with Gasteiger partial charge >= 0.3 is 6.03 Å². The van der Waals surface area contributed by atoms with Gasteiger partial charge in [0.2, 0.25) is 5.91 Å². The molecular weight excluding hydrogens is 381 g/mol. The highest BCUT2D eigenvalue weighted by Gasteiger charge is 2.51. The molecule has 2 aliphatic rings. The molecule has 1 unspecified atom stereocenters. The fourth-order valence-corrected chi connectivity index (χ4v) is 4.73. The van der Waals surface area contributed by atoms with Crippen LogP contribution in [0.3, 0.4) is 0 Å². The third kappa shape index (κ3) is 2.97. The van der Waals surface area contributed by atoms with Gasteiger partial charge in [-0.1, -0.05) is 19.1 Å². The van der Waals surface area contributed by atoms with Gasteiger partial charge in [-0.2, -0.15) is 0 Å². The SMILES string of the molecule is CCC1(c2ccc(F)cc2)NC(=O)N(CC(=O)N2CCc3sccc3C2)C1=O. The molecule has 0 saturated carbocycles. The van der Waals surface area contributed by atoms with Crippen molar-refractivity contribution in [3.05, 3.63) is 57.5 Å². The van der Waals surface area contributed by atoms with Crippen LogP contribution in [0.5, 0.6) is 0 Å². The minimum absolute atomic E-state index is 0.258. The van der Waals surface area contributed by atoms with E-state index in [0.717, 1.165) is 16.9 Å². The summed E-state index contributed by atoms with van der Waals surface area (Å²) in [6.07, 6.45) is 1.09. The van der Waals surface area contributed by atoms with E-state index in [1.165, 1.54) is 29.1 Å². The Morgan fingerprint density at radius 2 is 2.00 bits per heavy atom. The van der Waals surface area contributed by atoms with Gasteiger partial charge in [0.1, 0.15) is 17.9 Å². The van der Waals surface area contributed by atoms with Crippen LogP contribution in [-0.4, -0.2) is 40.7 Å². The van der Waals surface area contributed by atoms with Crippen LogP contribution in [0.25, 0.3) is 0 Å². The molecule has 146 valence electrons. The molecule has 28 heavy (non-hydrogen) atoms. The second-order valence-corrected chi connectivity index (χ2v) is 8.02. The Bertz CT molecular complexity index is 942. The number of hydrogen-bond donors (Lipinski definition) is 1. The predicted octanol–water partition coefficient (Wildman–Crippen LogP) is 2.63. The molecule has 2 aliphatic heterocycles. The molecule has 1 N–H and O–H groups in total. The van der Waals surface area contributed by atoms with Crippen LogP contribution in [-0.2, 0) is 28.1 Å². The van der Waals surface area contributed by atoms with Crippen molar-refractivity contribution >= 4 is 29.2 Å². The van der Waals surface area contributed by atoms with Gasteiger partial charge in [-0.3, -0.25) is 14.5 Å². The molecule has 0 bridgehead atoms. The van der Waals surface area contributed by atoms with Crippen molar-refractivity contribution in [1.29, 1.82) is 0 Å². The number of nitrogens with one attached hydrogen (secondary N) is 1. The molecule has 4 amide bonds. The molecule has 0 aliphatic carbocycles. The van der Waals surface area contributed by atoms with E-state index in [1.807, 2.05) is 11.4 Å². The highest BCUT2D eigenvalue weighted by atomic mass is 32.1. The van der Waals surface area contributed by atoms with E-state index >= 15 is 0 Å². The molecule has 0 radical (unpaired) electrons. The predicted molar refractivity (Wildman–Crippen MR) is 102 cm³/mol. The van der Waals surface area contributed by atoms with Gasteiger partial charge in [0, 0.05) is 18.0 Å². The quantitative estimate of drug-likeness (QED) is 0.801. The Morgan fingerprint density at radius 3 is 2.71 bits per heavy atom. The molecule has 2 aromatic rings. The van der Waals surface area contributed by atoms with Crippen LogP contribution in [0.4, 0.5) is 9.18 Å². The molecule has 4 rings (SSSR count). The summed E-state index contributed by atoms with van der Waals surface area (Å²) in [7, 11) is 0. The zero-order chi connectivity index (χ0) is 19.9. The Labute approximate surface area is 165 Å². The van der Waals surface area contributed by atoms with E-state index in [9.17, 15) is 18.8 Å². The molecular formula is C20H20FN3O3S. The first-order valence-corrected chi connectivity index (χ1v) is 10.1. The van der Waals surface area contributed by atoms with E-state index in [1.54, 1.807) is 23.2 Å². The second kappa shape index (κ2) is 7.01. The largest absolute Gasteiger partial charge is 0.336 e. The number of rotatable bonds is 4. The van der Waals surface area contributed by atoms with Crippen LogP contribution >= 0.6 is 11.3 Å². The first-order chi connectivity index (χ1) is 13.4. The standard InChI is InChI=1S/C20H20FN3O3S/c1-2-20(14-3-5-15(21)6-4-14)18(26)24(19(27)22-20)12-17(25)23-9-7-16-13(11-23)8-10-28-16/h3-6,8,10H,2,7,9,11-12H2,1H3,(H,22,27). The third-order valence-corrected chi connectivity index (χ3v) is 6.52. The Balaban J connectivity index is 1.52. The molecule has 1 fully saturated rings. The molecule has 1 atom stereocenters. The monoisotopic (exact) mass is 401 g/mol. The smallest absolute Gasteiger partial charge is 0.325 e. The van der Waals surface area contributed by atoms with Gasteiger partial charge in [-0.15, -0.1) is 11.3 Å². The number of nitrogens with zero attached hydrogens (tertiary/aromatic N) is 2. The number of fused-ring (bicyclic) bond motifs is 1. The fraction of sp³-hybridized carbons (Fsp3) is 0.350. The first kappa shape index (κ1) is 18.6. The summed E-state index contributed by atoms with van der Waals surface area (Å²) in [6.45, 7) is 2.55. The second-order valence-electron chi connectivity index (χ2n) is 7.02. The van der Waals surface area contributed by atoms with E-state index < -0.39 is 23.3 Å². The number of thiophene rings is 1. The van der Waals surface area contributed by atoms with Crippen LogP contribution < -0.4 is 5.32 Å². The number of hydrogen-bond acceptors (Lipinski definition) is 4. The normalized spacial score (nSPS) is 21.6. The average molecular weight is 401 g/mol. The Kier molecular flexibility index (Phi) is 4.66. The van der Waals surface area contributed by atoms with Crippen molar-refractivity contribution in [3.8, 4) is 0 Å². The maximum Gasteiger partial charge on any atom is 0.325 e. The van der Waals surface area contributed by atoms with E-state index in [2.05, 4.69) is 5.32 Å². The highest BCUT2D eigenvalue weighted by molar-refractivity contribution is 7.10. The number of carbonyl (C=O) groups excluding carboxylic acids is 3. The number of imide groups is 1. The van der Waals surface area contributed by atoms with Gasteiger partial charge < -0.3 is 10.2 Å². The molecule has 1 saturated heterocycles. The maximum absolute atomic E-state index is 13.3. The topological polar surface area (TPSA) is 69.7 Å². The van der Waals surface area contributed by atoms with Crippen LogP contribution in [0.1, 0.15) is 29.3 Å². The molecule has 3 heterocycles. The van der Waals surface area contributed by atoms with Gasteiger partial charge in [-0.25, -0.2) is 9.18 Å². The Morgan fingerprint density at radius 1 is 1.25 bits per heavy atom. The first-order valence-electron chi connectivity index (χ1n) is 9.18. The molecule has 8 heteroatoms. The Hall–Kier alpha value is -2.74. The van der Waals surface area contributed by atoms with E-state index in [-0.39, 0.29) is 12.5 Å². The van der Waals surface area contributed by atoms with Crippen LogP contribution in [0.2, 0.25) is 0 Å². The maximum atomic E-state index is 13.3. The van der Waals surface area contributed by atoms with E-state index in [0.29, 0.717) is 25.1 Å². The number of carbonyl (C=O) groups is 3. The zero-order valence-corrected chi connectivity index (χ0v) is 16.2. The molecule has 1 aromatic heterocycles. The molecule has 1 aromatic carbocycles. The summed E-state index contributed by atoms with van der Waals surface area (Å²) >= 11 is 1.68. The van der Waals surface area contributed by atoms with Gasteiger partial charge in [0.25, 0.3) is 5.91 Å². The number of halogens is 1. The lowest BCUT2D eigenvalue weighted by molar-refractivity contribution is -0.139. The lowest BCUT2D eigenvalue weighted by Crippen LogP contribution is -2.46. The average Bonchev–Trinajstić information content (AvgIpc) is 3.26. The zero-order valence-electron chi connectivity index (χ0n) is 15.4. The fourth-order valence-electron chi connectivity index (χ4n) is 3.84. The summed E-state index contributed by atoms with van der Waals surface area (Å²) in [5.74, 6) is -1.16. The van der Waals surface area contributed by atoms with E-state index in [4.69, 9.17) is 0 Å². The number of benzene rings is 1. The van der Waals surface area contributed by atoms with Crippen molar-refractivity contribution in [2.24, 2.45) is 0 Å². The summed E-state index contributed by atoms with van der Waals surface area (Å²) in [4.78, 5) is 42.3.